The molecule has 12 nitrogen and oxygen atoms in total. The summed E-state index contributed by atoms with van der Waals surface area (Å²) in [6, 6.07) is 0. The fraction of sp³-hybridized carbons (Fsp3) is 0.854. The normalized spacial score (nSPS) is 22.4. The van der Waals surface area contributed by atoms with Crippen molar-refractivity contribution < 1.29 is 58.3 Å². The predicted octanol–water partition coefficient (Wildman–Crippen LogP) is 10.3. The lowest BCUT2D eigenvalue weighted by molar-refractivity contribution is -0.220. The van der Waals surface area contributed by atoms with Crippen molar-refractivity contribution >= 4 is 13.8 Å². The van der Waals surface area contributed by atoms with E-state index in [1.54, 1.807) is 0 Å². The molecule has 0 amide bonds. The van der Waals surface area contributed by atoms with Crippen molar-refractivity contribution in [3.8, 4) is 0 Å². The molecule has 0 bridgehead atoms. The largest absolute Gasteiger partial charge is 0.472 e. The van der Waals surface area contributed by atoms with Gasteiger partial charge in [-0.15, -0.1) is 0 Å². The van der Waals surface area contributed by atoms with Crippen LogP contribution in [0.1, 0.15) is 200 Å². The maximum atomic E-state index is 12.8. The summed E-state index contributed by atoms with van der Waals surface area (Å²) in [5.74, 6) is -0.478. The highest BCUT2D eigenvalue weighted by Crippen LogP contribution is 2.47. The fourth-order valence-electron chi connectivity index (χ4n) is 7.43. The summed E-state index contributed by atoms with van der Waals surface area (Å²) < 4.78 is 34.2. The second-order valence-electron chi connectivity index (χ2n) is 16.9. The number of aliphatic hydroxyl groups is 5. The van der Waals surface area contributed by atoms with E-state index < -0.39 is 63.1 Å². The van der Waals surface area contributed by atoms with Crippen molar-refractivity contribution in [1.29, 1.82) is 0 Å². The van der Waals surface area contributed by atoms with Crippen molar-refractivity contribution in [2.75, 3.05) is 19.8 Å². The van der Waals surface area contributed by atoms with Gasteiger partial charge in [-0.3, -0.25) is 13.8 Å². The van der Waals surface area contributed by atoms with E-state index in [0.29, 0.717) is 13.0 Å². The second kappa shape index (κ2) is 39.0. The smallest absolute Gasteiger partial charge is 0.457 e. The number of allylic oxidation sites excluding steroid dienone is 6. The molecule has 61 heavy (non-hydrogen) atoms. The third kappa shape index (κ3) is 31.1. The molecular weight excluding hydrogens is 799 g/mol. The maximum Gasteiger partial charge on any atom is 0.472 e. The van der Waals surface area contributed by atoms with Gasteiger partial charge in [-0.25, -0.2) is 4.57 Å². The summed E-state index contributed by atoms with van der Waals surface area (Å²) in [5, 5.41) is 50.2. The third-order valence-corrected chi connectivity index (χ3v) is 12.3. The Morgan fingerprint density at radius 3 is 1.48 bits per heavy atom. The molecule has 0 aromatic rings. The van der Waals surface area contributed by atoms with Crippen LogP contribution in [0.4, 0.5) is 0 Å². The first-order chi connectivity index (χ1) is 29.5. The van der Waals surface area contributed by atoms with Gasteiger partial charge in [0.05, 0.1) is 13.2 Å². The van der Waals surface area contributed by atoms with Crippen LogP contribution in [0.15, 0.2) is 36.5 Å². The number of phosphoric acid groups is 1. The molecule has 1 rings (SSSR count). The van der Waals surface area contributed by atoms with Crippen LogP contribution in [0.3, 0.4) is 0 Å². The molecule has 0 radical (unpaired) electrons. The van der Waals surface area contributed by atoms with Gasteiger partial charge in [-0.05, 0) is 44.9 Å². The maximum absolute atomic E-state index is 12.8. The zero-order chi connectivity index (χ0) is 44.8. The molecule has 1 saturated carbocycles. The summed E-state index contributed by atoms with van der Waals surface area (Å²) in [6.07, 6.45) is 33.5. The summed E-state index contributed by atoms with van der Waals surface area (Å²) in [4.78, 5) is 23.2. The van der Waals surface area contributed by atoms with Gasteiger partial charge >= 0.3 is 13.8 Å². The Morgan fingerprint density at radius 2 is 0.967 bits per heavy atom. The van der Waals surface area contributed by atoms with Gasteiger partial charge in [-0.1, -0.05) is 185 Å². The van der Waals surface area contributed by atoms with Crippen molar-refractivity contribution in [2.45, 2.75) is 243 Å². The van der Waals surface area contributed by atoms with Gasteiger partial charge in [0.25, 0.3) is 0 Å². The highest BCUT2D eigenvalue weighted by atomic mass is 31.2. The number of unbranched alkanes of at least 4 members (excludes halogenated alkanes) is 23. The Labute approximate surface area is 370 Å². The van der Waals surface area contributed by atoms with E-state index in [4.69, 9.17) is 18.5 Å². The average Bonchev–Trinajstić information content (AvgIpc) is 3.24. The van der Waals surface area contributed by atoms with E-state index in [-0.39, 0.29) is 13.0 Å². The van der Waals surface area contributed by atoms with Crippen LogP contribution in [0.5, 0.6) is 0 Å². The number of hydrogen-bond donors (Lipinski definition) is 6. The van der Waals surface area contributed by atoms with E-state index in [2.05, 4.69) is 50.3 Å². The van der Waals surface area contributed by atoms with Gasteiger partial charge in [0.1, 0.15) is 42.7 Å². The quantitative estimate of drug-likeness (QED) is 0.0148. The standard InChI is InChI=1S/C48H89O12P/c1-3-5-7-9-11-13-15-17-19-21-22-24-26-28-30-32-34-36-38-57-39-41(40-58-61(55,56)60-48-46(53)44(51)43(50)45(52)47(48)54)59-42(49)37-35-33-31-29-27-25-23-20-18-16-14-12-10-8-6-4-2/h5,7,11,13,17,19,41,43-48,50-54H,3-4,6,8-10,12,14-16,18,20-40H2,1-2H3,(H,55,56)/b7-5-,13-11-,19-17-. The first-order valence-electron chi connectivity index (χ1n) is 24.3. The van der Waals surface area contributed by atoms with Crippen molar-refractivity contribution in [3.63, 3.8) is 0 Å². The number of carbonyl (C=O) groups is 1. The van der Waals surface area contributed by atoms with Crippen LogP contribution in [0.25, 0.3) is 0 Å². The van der Waals surface area contributed by atoms with Gasteiger partial charge < -0.3 is 39.9 Å². The SMILES string of the molecule is CC/C=C\C/C=C\C/C=C\CCCCCCCCCCOCC(COP(=O)(O)OC1C(O)C(O)C(O)C(O)C1O)OC(=O)CCCCCCCCCCCCCCCCCC. The van der Waals surface area contributed by atoms with Crippen LogP contribution in [0, 0.1) is 0 Å². The summed E-state index contributed by atoms with van der Waals surface area (Å²) in [6.45, 7) is 4.15. The molecule has 6 N–H and O–H groups in total. The highest BCUT2D eigenvalue weighted by molar-refractivity contribution is 7.47. The molecule has 6 atom stereocenters. The van der Waals surface area contributed by atoms with Crippen LogP contribution in [0.2, 0.25) is 0 Å². The van der Waals surface area contributed by atoms with Crippen LogP contribution >= 0.6 is 7.82 Å². The van der Waals surface area contributed by atoms with E-state index >= 15 is 0 Å². The average molecular weight is 889 g/mol. The lowest BCUT2D eigenvalue weighted by atomic mass is 9.85. The molecule has 1 aliphatic carbocycles. The minimum absolute atomic E-state index is 0.0793. The Bertz CT molecular complexity index is 1150. The number of esters is 1. The van der Waals surface area contributed by atoms with Gasteiger partial charge in [0, 0.05) is 13.0 Å². The highest BCUT2D eigenvalue weighted by Gasteiger charge is 2.51. The number of rotatable bonds is 41. The molecule has 0 aliphatic heterocycles. The van der Waals surface area contributed by atoms with Crippen molar-refractivity contribution in [2.24, 2.45) is 0 Å². The number of hydrogen-bond acceptors (Lipinski definition) is 11. The molecule has 1 fully saturated rings. The van der Waals surface area contributed by atoms with E-state index in [9.17, 15) is 39.8 Å². The van der Waals surface area contributed by atoms with Gasteiger partial charge in [-0.2, -0.15) is 0 Å². The molecule has 358 valence electrons. The van der Waals surface area contributed by atoms with Gasteiger partial charge in [0.2, 0.25) is 0 Å². The molecule has 13 heteroatoms. The zero-order valence-corrected chi connectivity index (χ0v) is 39.1. The Morgan fingerprint density at radius 1 is 0.541 bits per heavy atom. The first-order valence-corrected chi connectivity index (χ1v) is 25.8. The Kier molecular flexibility index (Phi) is 36.8. The lowest BCUT2D eigenvalue weighted by Gasteiger charge is -2.41. The number of carbonyl (C=O) groups excluding carboxylic acids is 1. The molecule has 0 aromatic heterocycles. The summed E-state index contributed by atoms with van der Waals surface area (Å²) >= 11 is 0. The minimum atomic E-state index is -5.02. The summed E-state index contributed by atoms with van der Waals surface area (Å²) in [7, 11) is -5.02. The molecule has 0 saturated heterocycles. The predicted molar refractivity (Wildman–Crippen MR) is 244 cm³/mol. The first kappa shape index (κ1) is 57.6. The number of ether oxygens (including phenoxy) is 2. The topological polar surface area (TPSA) is 192 Å². The summed E-state index contributed by atoms with van der Waals surface area (Å²) in [5.41, 5.74) is 0. The van der Waals surface area contributed by atoms with E-state index in [1.165, 1.54) is 103 Å². The zero-order valence-electron chi connectivity index (χ0n) is 38.2. The van der Waals surface area contributed by atoms with Crippen LogP contribution in [-0.4, -0.2) is 98.9 Å². The van der Waals surface area contributed by atoms with E-state index in [0.717, 1.165) is 70.6 Å². The third-order valence-electron chi connectivity index (χ3n) is 11.3. The van der Waals surface area contributed by atoms with Crippen molar-refractivity contribution in [1.82, 2.24) is 0 Å². The van der Waals surface area contributed by atoms with E-state index in [1.807, 2.05) is 0 Å². The van der Waals surface area contributed by atoms with Crippen LogP contribution in [-0.2, 0) is 27.9 Å². The van der Waals surface area contributed by atoms with Crippen LogP contribution < -0.4 is 0 Å². The fourth-order valence-corrected chi connectivity index (χ4v) is 8.40. The Hall–Kier alpha value is -1.44. The molecular formula is C48H89O12P. The lowest BCUT2D eigenvalue weighted by Crippen LogP contribution is -2.64. The molecule has 1 aliphatic rings. The number of aliphatic hydroxyl groups excluding tert-OH is 5. The van der Waals surface area contributed by atoms with Gasteiger partial charge in [0.15, 0.2) is 0 Å². The number of phosphoric ester groups is 1. The molecule has 0 heterocycles. The molecule has 0 aromatic carbocycles. The molecule has 6 unspecified atom stereocenters. The molecule has 0 spiro atoms. The Balaban J connectivity index is 2.37. The monoisotopic (exact) mass is 889 g/mol. The second-order valence-corrected chi connectivity index (χ2v) is 18.3. The van der Waals surface area contributed by atoms with Crippen molar-refractivity contribution in [3.05, 3.63) is 36.5 Å². The minimum Gasteiger partial charge on any atom is -0.457 e.